The lowest BCUT2D eigenvalue weighted by atomic mass is 10.3. The molecule has 0 aliphatic heterocycles. The van der Waals surface area contributed by atoms with Crippen molar-refractivity contribution < 1.29 is 24.9 Å². The van der Waals surface area contributed by atoms with Crippen molar-refractivity contribution in [1.29, 1.82) is 0 Å². The number of aliphatic hydroxyl groups excluding tert-OH is 1. The number of carboxylic acids is 2. The van der Waals surface area contributed by atoms with Crippen LogP contribution in [-0.4, -0.2) is 45.9 Å². The van der Waals surface area contributed by atoms with Gasteiger partial charge in [-0.15, -0.1) is 0 Å². The Hall–Kier alpha value is -1.18. The van der Waals surface area contributed by atoms with Crippen LogP contribution in [0.2, 0.25) is 0 Å². The van der Waals surface area contributed by atoms with Crippen LogP contribution >= 0.6 is 0 Å². The van der Waals surface area contributed by atoms with Crippen LogP contribution in [0, 0.1) is 0 Å². The van der Waals surface area contributed by atoms with Crippen LogP contribution in [0.1, 0.15) is 6.92 Å². The Labute approximate surface area is 74.3 Å². The third-order valence-corrected chi connectivity index (χ3v) is 1.33. The van der Waals surface area contributed by atoms with E-state index in [4.69, 9.17) is 15.3 Å². The second kappa shape index (κ2) is 5.46. The van der Waals surface area contributed by atoms with Crippen LogP contribution in [-0.2, 0) is 9.59 Å². The van der Waals surface area contributed by atoms with E-state index in [0.29, 0.717) is 0 Å². The first kappa shape index (κ1) is 11.8. The predicted octanol–water partition coefficient (Wildman–Crippen LogP) is -2.00. The van der Waals surface area contributed by atoms with Crippen molar-refractivity contribution in [3.63, 3.8) is 0 Å². The van der Waals surface area contributed by atoms with Gasteiger partial charge in [0.25, 0.3) is 0 Å². The van der Waals surface area contributed by atoms with Crippen molar-refractivity contribution >= 4 is 11.9 Å². The highest BCUT2D eigenvalue weighted by Crippen LogP contribution is 1.82. The smallest absolute Gasteiger partial charge is 0.324 e. The second-order valence-electron chi connectivity index (χ2n) is 2.42. The maximum absolute atomic E-state index is 10.3. The molecule has 0 unspecified atom stereocenters. The minimum atomic E-state index is -1.26. The van der Waals surface area contributed by atoms with E-state index in [0.717, 1.165) is 0 Å². The summed E-state index contributed by atoms with van der Waals surface area (Å²) in [7, 11) is 0. The summed E-state index contributed by atoms with van der Waals surface area (Å²) in [6, 6.07) is -2.13. The Kier molecular flexibility index (Phi) is 4.97. The molecule has 2 atom stereocenters. The van der Waals surface area contributed by atoms with Crippen LogP contribution < -0.4 is 10.9 Å². The normalized spacial score (nSPS) is 14.9. The van der Waals surface area contributed by atoms with Crippen molar-refractivity contribution in [1.82, 2.24) is 10.9 Å². The minimum Gasteiger partial charge on any atom is -0.480 e. The number of aliphatic hydroxyl groups is 1. The molecule has 0 aromatic heterocycles. The van der Waals surface area contributed by atoms with Crippen molar-refractivity contribution in [2.45, 2.75) is 19.0 Å². The van der Waals surface area contributed by atoms with Gasteiger partial charge in [-0.2, -0.15) is 0 Å². The zero-order chi connectivity index (χ0) is 10.4. The highest BCUT2D eigenvalue weighted by molar-refractivity contribution is 5.74. The topological polar surface area (TPSA) is 119 Å². The van der Waals surface area contributed by atoms with Gasteiger partial charge in [-0.1, -0.05) is 0 Å². The van der Waals surface area contributed by atoms with Crippen molar-refractivity contribution in [2.24, 2.45) is 0 Å². The lowest BCUT2D eigenvalue weighted by Gasteiger charge is -2.14. The summed E-state index contributed by atoms with van der Waals surface area (Å²) in [5.74, 6) is -2.37. The maximum Gasteiger partial charge on any atom is 0.324 e. The van der Waals surface area contributed by atoms with E-state index in [2.05, 4.69) is 10.9 Å². The molecule has 13 heavy (non-hydrogen) atoms. The third kappa shape index (κ3) is 4.41. The highest BCUT2D eigenvalue weighted by Gasteiger charge is 2.17. The molecular weight excluding hydrogens is 180 g/mol. The molecule has 0 aliphatic rings. The van der Waals surface area contributed by atoms with Gasteiger partial charge in [0.15, 0.2) is 0 Å². The molecule has 0 spiro atoms. The molecule has 0 aromatic carbocycles. The molecule has 0 bridgehead atoms. The molecule has 0 aromatic rings. The van der Waals surface area contributed by atoms with Gasteiger partial charge in [0.05, 0.1) is 6.61 Å². The first-order valence-corrected chi connectivity index (χ1v) is 3.56. The van der Waals surface area contributed by atoms with Gasteiger partial charge < -0.3 is 15.3 Å². The number of hydrogen-bond acceptors (Lipinski definition) is 5. The van der Waals surface area contributed by atoms with E-state index in [1.54, 1.807) is 0 Å². The molecule has 7 heteroatoms. The average Bonchev–Trinajstić information content (AvgIpc) is 2.04. The summed E-state index contributed by atoms with van der Waals surface area (Å²) in [6.45, 7) is 0.723. The summed E-state index contributed by atoms with van der Waals surface area (Å²) >= 11 is 0. The van der Waals surface area contributed by atoms with Crippen LogP contribution in [0.3, 0.4) is 0 Å². The standard InChI is InChI=1S/C6H12N2O5/c1-3(5(10)11)7-8-4(2-9)6(12)13/h3-4,7-9H,2H2,1H3,(H,10,11)(H,12,13)/t3-,4-/m0/s1. The Balaban J connectivity index is 3.85. The van der Waals surface area contributed by atoms with Gasteiger partial charge in [0.1, 0.15) is 12.1 Å². The summed E-state index contributed by atoms with van der Waals surface area (Å²) in [6.07, 6.45) is 0. The predicted molar refractivity (Wildman–Crippen MR) is 41.9 cm³/mol. The summed E-state index contributed by atoms with van der Waals surface area (Å²) < 4.78 is 0. The fourth-order valence-electron chi connectivity index (χ4n) is 0.473. The minimum absolute atomic E-state index is 0.616. The van der Waals surface area contributed by atoms with Crippen LogP contribution in [0.4, 0.5) is 0 Å². The van der Waals surface area contributed by atoms with Gasteiger partial charge in [-0.3, -0.25) is 9.59 Å². The Bertz CT molecular complexity index is 195. The summed E-state index contributed by atoms with van der Waals surface area (Å²) in [5, 5.41) is 25.3. The first-order valence-electron chi connectivity index (χ1n) is 3.56. The van der Waals surface area contributed by atoms with Gasteiger partial charge in [0.2, 0.25) is 0 Å². The number of hydrogen-bond donors (Lipinski definition) is 5. The number of nitrogens with one attached hydrogen (secondary N) is 2. The molecule has 0 heterocycles. The number of aliphatic carboxylic acids is 2. The fourth-order valence-corrected chi connectivity index (χ4v) is 0.473. The number of hydrazine groups is 1. The number of rotatable bonds is 6. The zero-order valence-corrected chi connectivity index (χ0v) is 7.02. The third-order valence-electron chi connectivity index (χ3n) is 1.33. The Morgan fingerprint density at radius 3 is 2.08 bits per heavy atom. The summed E-state index contributed by atoms with van der Waals surface area (Å²) in [4.78, 5) is 20.6. The molecule has 0 saturated heterocycles. The van der Waals surface area contributed by atoms with E-state index < -0.39 is 30.6 Å². The lowest BCUT2D eigenvalue weighted by molar-refractivity contribution is -0.143. The lowest BCUT2D eigenvalue weighted by Crippen LogP contribution is -2.52. The molecule has 0 fully saturated rings. The van der Waals surface area contributed by atoms with Gasteiger partial charge in [0, 0.05) is 0 Å². The Morgan fingerprint density at radius 1 is 1.23 bits per heavy atom. The zero-order valence-electron chi connectivity index (χ0n) is 7.02. The molecule has 5 N–H and O–H groups in total. The summed E-state index contributed by atoms with van der Waals surface area (Å²) in [5.41, 5.74) is 4.39. The molecule has 0 rings (SSSR count). The number of carbonyl (C=O) groups is 2. The van der Waals surface area contributed by atoms with Crippen LogP contribution in [0.15, 0.2) is 0 Å². The number of carboxylic acid groups (broad SMARTS) is 2. The van der Waals surface area contributed by atoms with E-state index in [1.807, 2.05) is 0 Å². The van der Waals surface area contributed by atoms with Crippen LogP contribution in [0.25, 0.3) is 0 Å². The van der Waals surface area contributed by atoms with Gasteiger partial charge in [-0.25, -0.2) is 10.9 Å². The average molecular weight is 192 g/mol. The van der Waals surface area contributed by atoms with Gasteiger partial charge >= 0.3 is 11.9 Å². The SMILES string of the molecule is C[C@H](NN[C@@H](CO)C(=O)O)C(=O)O. The van der Waals surface area contributed by atoms with E-state index in [9.17, 15) is 9.59 Å². The van der Waals surface area contributed by atoms with Crippen molar-refractivity contribution in [3.05, 3.63) is 0 Å². The highest BCUT2D eigenvalue weighted by atomic mass is 16.4. The molecule has 0 aliphatic carbocycles. The molecular formula is C6H12N2O5. The molecule has 0 radical (unpaired) electrons. The largest absolute Gasteiger partial charge is 0.480 e. The Morgan fingerprint density at radius 2 is 1.77 bits per heavy atom. The molecule has 0 saturated carbocycles. The van der Waals surface area contributed by atoms with E-state index >= 15 is 0 Å². The second-order valence-corrected chi connectivity index (χ2v) is 2.42. The molecule has 76 valence electrons. The maximum atomic E-state index is 10.3. The molecule has 7 nitrogen and oxygen atoms in total. The van der Waals surface area contributed by atoms with Crippen LogP contribution in [0.5, 0.6) is 0 Å². The molecule has 0 amide bonds. The quantitative estimate of drug-likeness (QED) is 0.309. The van der Waals surface area contributed by atoms with Crippen molar-refractivity contribution in [3.8, 4) is 0 Å². The van der Waals surface area contributed by atoms with Gasteiger partial charge in [-0.05, 0) is 6.92 Å². The monoisotopic (exact) mass is 192 g/mol. The van der Waals surface area contributed by atoms with E-state index in [1.165, 1.54) is 6.92 Å². The fraction of sp³-hybridized carbons (Fsp3) is 0.667. The van der Waals surface area contributed by atoms with Crippen molar-refractivity contribution in [2.75, 3.05) is 6.61 Å². The first-order chi connectivity index (χ1) is 5.99. The van der Waals surface area contributed by atoms with E-state index in [-0.39, 0.29) is 0 Å².